The van der Waals surface area contributed by atoms with Gasteiger partial charge in [0.15, 0.2) is 0 Å². The van der Waals surface area contributed by atoms with Gasteiger partial charge in [-0.05, 0) is 25.0 Å². The second-order valence-corrected chi connectivity index (χ2v) is 5.22. The molecule has 0 radical (unpaired) electrons. The fourth-order valence-electron chi connectivity index (χ4n) is 2.38. The van der Waals surface area contributed by atoms with E-state index in [1.807, 2.05) is 6.07 Å². The van der Waals surface area contributed by atoms with E-state index in [2.05, 4.69) is 33.0 Å². The monoisotopic (exact) mass is 298 g/mol. The highest BCUT2D eigenvalue weighted by molar-refractivity contribution is 9.10. The molecule has 0 amide bonds. The van der Waals surface area contributed by atoms with Crippen molar-refractivity contribution in [2.75, 3.05) is 25.1 Å². The quantitative estimate of drug-likeness (QED) is 0.932. The first-order chi connectivity index (χ1) is 8.26. The van der Waals surface area contributed by atoms with E-state index in [1.54, 1.807) is 7.11 Å². The van der Waals surface area contributed by atoms with Crippen LogP contribution in [0.2, 0.25) is 0 Å². The summed E-state index contributed by atoms with van der Waals surface area (Å²) in [5.74, 6) is 0. The van der Waals surface area contributed by atoms with Crippen molar-refractivity contribution in [2.45, 2.75) is 25.5 Å². The second kappa shape index (κ2) is 5.85. The molecule has 0 aliphatic carbocycles. The first-order valence-electron chi connectivity index (χ1n) is 6.01. The molecule has 94 valence electrons. The fourth-order valence-corrected chi connectivity index (χ4v) is 2.90. The maximum atomic E-state index is 5.83. The van der Waals surface area contributed by atoms with Crippen LogP contribution in [0.25, 0.3) is 0 Å². The molecule has 2 N–H and O–H groups in total. The molecule has 3 nitrogen and oxygen atoms in total. The Morgan fingerprint density at radius 3 is 2.71 bits per heavy atom. The molecule has 1 aromatic carbocycles. The SMILES string of the molecule is COC1CCN(c2cccc(Br)c2CN)CC1. The highest BCUT2D eigenvalue weighted by Gasteiger charge is 2.20. The summed E-state index contributed by atoms with van der Waals surface area (Å²) in [5, 5.41) is 0. The number of nitrogens with two attached hydrogens (primary N) is 1. The Labute approximate surface area is 111 Å². The third-order valence-corrected chi connectivity index (χ3v) is 4.16. The smallest absolute Gasteiger partial charge is 0.0605 e. The molecule has 1 aliphatic rings. The zero-order valence-electron chi connectivity index (χ0n) is 10.2. The van der Waals surface area contributed by atoms with Crippen LogP contribution in [-0.2, 0) is 11.3 Å². The van der Waals surface area contributed by atoms with Gasteiger partial charge < -0.3 is 15.4 Å². The first kappa shape index (κ1) is 12.9. The summed E-state index contributed by atoms with van der Waals surface area (Å²) in [5.41, 5.74) is 8.29. The zero-order valence-corrected chi connectivity index (χ0v) is 11.7. The maximum absolute atomic E-state index is 5.83. The van der Waals surface area contributed by atoms with Crippen molar-refractivity contribution in [2.24, 2.45) is 5.73 Å². The van der Waals surface area contributed by atoms with Crippen LogP contribution in [0.5, 0.6) is 0 Å². The zero-order chi connectivity index (χ0) is 12.3. The van der Waals surface area contributed by atoms with Gasteiger partial charge >= 0.3 is 0 Å². The summed E-state index contributed by atoms with van der Waals surface area (Å²) < 4.78 is 6.50. The van der Waals surface area contributed by atoms with Gasteiger partial charge in [-0.3, -0.25) is 0 Å². The van der Waals surface area contributed by atoms with Crippen molar-refractivity contribution < 1.29 is 4.74 Å². The van der Waals surface area contributed by atoms with Crippen molar-refractivity contribution in [3.63, 3.8) is 0 Å². The second-order valence-electron chi connectivity index (χ2n) is 4.36. The number of ether oxygens (including phenoxy) is 1. The van der Waals surface area contributed by atoms with Gasteiger partial charge in [-0.15, -0.1) is 0 Å². The van der Waals surface area contributed by atoms with E-state index in [0.29, 0.717) is 12.6 Å². The van der Waals surface area contributed by atoms with Crippen LogP contribution < -0.4 is 10.6 Å². The molecule has 1 aromatic rings. The number of benzene rings is 1. The van der Waals surface area contributed by atoms with E-state index in [1.165, 1.54) is 11.3 Å². The van der Waals surface area contributed by atoms with E-state index in [-0.39, 0.29) is 0 Å². The average Bonchev–Trinajstić information content (AvgIpc) is 2.38. The summed E-state index contributed by atoms with van der Waals surface area (Å²) in [6.45, 7) is 2.66. The minimum Gasteiger partial charge on any atom is -0.381 e. The molecule has 1 aliphatic heterocycles. The van der Waals surface area contributed by atoms with Gasteiger partial charge in [-0.2, -0.15) is 0 Å². The fraction of sp³-hybridized carbons (Fsp3) is 0.538. The number of anilines is 1. The number of hydrogen-bond acceptors (Lipinski definition) is 3. The Kier molecular flexibility index (Phi) is 4.42. The highest BCUT2D eigenvalue weighted by Crippen LogP contribution is 2.29. The first-order valence-corrected chi connectivity index (χ1v) is 6.80. The molecule has 0 bridgehead atoms. The van der Waals surface area contributed by atoms with Crippen molar-refractivity contribution in [3.8, 4) is 0 Å². The van der Waals surface area contributed by atoms with Crippen molar-refractivity contribution in [3.05, 3.63) is 28.2 Å². The molecule has 0 unspecified atom stereocenters. The van der Waals surface area contributed by atoms with Crippen LogP contribution in [0.15, 0.2) is 22.7 Å². The van der Waals surface area contributed by atoms with Gasteiger partial charge in [0.2, 0.25) is 0 Å². The lowest BCUT2D eigenvalue weighted by Gasteiger charge is -2.34. The van der Waals surface area contributed by atoms with E-state index < -0.39 is 0 Å². The van der Waals surface area contributed by atoms with Crippen LogP contribution in [0.4, 0.5) is 5.69 Å². The lowest BCUT2D eigenvalue weighted by Crippen LogP contribution is -2.37. The summed E-state index contributed by atoms with van der Waals surface area (Å²) in [6.07, 6.45) is 2.60. The standard InChI is InChI=1S/C13H19BrN2O/c1-17-10-5-7-16(8-6-10)13-4-2-3-12(14)11(13)9-15/h2-4,10H,5-9,15H2,1H3. The van der Waals surface area contributed by atoms with E-state index >= 15 is 0 Å². The lowest BCUT2D eigenvalue weighted by molar-refractivity contribution is 0.0819. The number of piperidine rings is 1. The maximum Gasteiger partial charge on any atom is 0.0605 e. The number of nitrogens with zero attached hydrogens (tertiary/aromatic N) is 1. The van der Waals surface area contributed by atoms with Crippen LogP contribution in [0.1, 0.15) is 18.4 Å². The molecular weight excluding hydrogens is 280 g/mol. The topological polar surface area (TPSA) is 38.5 Å². The minimum absolute atomic E-state index is 0.416. The number of methoxy groups -OCH3 is 1. The Hall–Kier alpha value is -0.580. The Balaban J connectivity index is 2.15. The number of hydrogen-bond donors (Lipinski definition) is 1. The minimum atomic E-state index is 0.416. The molecule has 17 heavy (non-hydrogen) atoms. The Morgan fingerprint density at radius 1 is 1.41 bits per heavy atom. The molecule has 4 heteroatoms. The van der Waals surface area contributed by atoms with Gasteiger partial charge in [0, 0.05) is 42.5 Å². The molecule has 0 atom stereocenters. The van der Waals surface area contributed by atoms with Gasteiger partial charge in [0.05, 0.1) is 6.10 Å². The van der Waals surface area contributed by atoms with Crippen LogP contribution in [-0.4, -0.2) is 26.3 Å². The average molecular weight is 299 g/mol. The summed E-state index contributed by atoms with van der Waals surface area (Å²) in [4.78, 5) is 2.41. The molecule has 1 heterocycles. The van der Waals surface area contributed by atoms with Gasteiger partial charge in [-0.25, -0.2) is 0 Å². The van der Waals surface area contributed by atoms with Gasteiger partial charge in [-0.1, -0.05) is 22.0 Å². The Morgan fingerprint density at radius 2 is 2.12 bits per heavy atom. The van der Waals surface area contributed by atoms with Crippen LogP contribution in [0.3, 0.4) is 0 Å². The predicted octanol–water partition coefficient (Wildman–Crippen LogP) is 2.52. The van der Waals surface area contributed by atoms with E-state index in [9.17, 15) is 0 Å². The lowest BCUT2D eigenvalue weighted by atomic mass is 10.0. The predicted molar refractivity (Wildman–Crippen MR) is 74.3 cm³/mol. The molecule has 0 spiro atoms. The van der Waals surface area contributed by atoms with E-state index in [4.69, 9.17) is 10.5 Å². The molecule has 0 saturated carbocycles. The molecule has 1 fully saturated rings. The van der Waals surface area contributed by atoms with Crippen molar-refractivity contribution in [1.29, 1.82) is 0 Å². The van der Waals surface area contributed by atoms with Crippen molar-refractivity contribution >= 4 is 21.6 Å². The molecule has 0 aromatic heterocycles. The van der Waals surface area contributed by atoms with Crippen molar-refractivity contribution in [1.82, 2.24) is 0 Å². The largest absolute Gasteiger partial charge is 0.381 e. The summed E-state index contributed by atoms with van der Waals surface area (Å²) in [7, 11) is 1.80. The number of halogens is 1. The van der Waals surface area contributed by atoms with Crippen LogP contribution >= 0.6 is 15.9 Å². The molecular formula is C13H19BrN2O. The molecule has 1 saturated heterocycles. The highest BCUT2D eigenvalue weighted by atomic mass is 79.9. The third kappa shape index (κ3) is 2.81. The number of rotatable bonds is 3. The summed E-state index contributed by atoms with van der Waals surface area (Å²) in [6, 6.07) is 6.27. The van der Waals surface area contributed by atoms with Crippen LogP contribution in [0, 0.1) is 0 Å². The Bertz CT molecular complexity index is 376. The van der Waals surface area contributed by atoms with Gasteiger partial charge in [0.1, 0.15) is 0 Å². The summed E-state index contributed by atoms with van der Waals surface area (Å²) >= 11 is 3.57. The van der Waals surface area contributed by atoms with Gasteiger partial charge in [0.25, 0.3) is 0 Å². The molecule has 2 rings (SSSR count). The van der Waals surface area contributed by atoms with E-state index in [0.717, 1.165) is 30.4 Å². The third-order valence-electron chi connectivity index (χ3n) is 3.41. The normalized spacial score (nSPS) is 17.5.